The molecule has 1 aromatic heterocycles. The average Bonchev–Trinajstić information content (AvgIpc) is 3.22. The lowest BCUT2D eigenvalue weighted by molar-refractivity contribution is -0.122. The Morgan fingerprint density at radius 3 is 2.84 bits per heavy atom. The second-order valence-corrected chi connectivity index (χ2v) is 6.45. The van der Waals surface area contributed by atoms with Crippen LogP contribution in [-0.4, -0.2) is 32.7 Å². The molecular weight excluding hydrogens is 320 g/mol. The summed E-state index contributed by atoms with van der Waals surface area (Å²) in [4.78, 5) is 24.3. The van der Waals surface area contributed by atoms with Gasteiger partial charge in [0.05, 0.1) is 17.4 Å². The van der Waals surface area contributed by atoms with Crippen molar-refractivity contribution < 1.29 is 14.7 Å². The van der Waals surface area contributed by atoms with Crippen LogP contribution in [0.1, 0.15) is 41.6 Å². The van der Waals surface area contributed by atoms with Crippen molar-refractivity contribution in [3.8, 4) is 5.75 Å². The van der Waals surface area contributed by atoms with Crippen molar-refractivity contribution in [3.63, 3.8) is 0 Å². The minimum absolute atomic E-state index is 0.0774. The number of hydrogen-bond donors (Lipinski definition) is 3. The number of carbonyl (C=O) groups is 2. The van der Waals surface area contributed by atoms with Gasteiger partial charge in [-0.05, 0) is 31.9 Å². The van der Waals surface area contributed by atoms with Crippen LogP contribution in [0.25, 0.3) is 0 Å². The van der Waals surface area contributed by atoms with Crippen molar-refractivity contribution in [2.75, 3.05) is 5.32 Å². The zero-order chi connectivity index (χ0) is 17.8. The maximum Gasteiger partial charge on any atom is 0.259 e. The Morgan fingerprint density at radius 2 is 2.08 bits per heavy atom. The molecule has 2 amide bonds. The molecule has 7 heteroatoms. The number of phenolic OH excluding ortho intramolecular Hbond substituents is 1. The molecule has 7 nitrogen and oxygen atoms in total. The summed E-state index contributed by atoms with van der Waals surface area (Å²) in [7, 11) is 0. The van der Waals surface area contributed by atoms with Gasteiger partial charge in [-0.2, -0.15) is 5.10 Å². The highest BCUT2D eigenvalue weighted by Crippen LogP contribution is 2.20. The minimum Gasteiger partial charge on any atom is -0.507 e. The van der Waals surface area contributed by atoms with E-state index in [2.05, 4.69) is 15.7 Å². The fourth-order valence-electron chi connectivity index (χ4n) is 3.04. The van der Waals surface area contributed by atoms with Crippen LogP contribution >= 0.6 is 0 Å². The van der Waals surface area contributed by atoms with E-state index < -0.39 is 5.91 Å². The van der Waals surface area contributed by atoms with E-state index >= 15 is 0 Å². The number of aromatic nitrogens is 2. The molecule has 1 aromatic carbocycles. The van der Waals surface area contributed by atoms with Crippen LogP contribution in [0.3, 0.4) is 0 Å². The normalized spacial score (nSPS) is 14.4. The first-order valence-electron chi connectivity index (χ1n) is 8.44. The number of nitrogens with one attached hydrogen (secondary N) is 2. The molecule has 3 N–H and O–H groups in total. The first-order valence-corrected chi connectivity index (χ1v) is 8.44. The maximum absolute atomic E-state index is 12.3. The van der Waals surface area contributed by atoms with Crippen LogP contribution < -0.4 is 10.6 Å². The molecule has 0 aliphatic heterocycles. The molecule has 3 rings (SSSR count). The second kappa shape index (κ2) is 7.38. The molecule has 0 unspecified atom stereocenters. The predicted octanol–water partition coefficient (Wildman–Crippen LogP) is 2.21. The monoisotopic (exact) mass is 342 g/mol. The molecule has 1 saturated carbocycles. The summed E-state index contributed by atoms with van der Waals surface area (Å²) in [6.45, 7) is 1.96. The van der Waals surface area contributed by atoms with Gasteiger partial charge in [-0.3, -0.25) is 14.3 Å². The minimum atomic E-state index is -0.420. The fraction of sp³-hybridized carbons (Fsp3) is 0.389. The van der Waals surface area contributed by atoms with E-state index in [9.17, 15) is 14.7 Å². The summed E-state index contributed by atoms with van der Waals surface area (Å²) < 4.78 is 1.48. The summed E-state index contributed by atoms with van der Waals surface area (Å²) in [6.07, 6.45) is 7.47. The van der Waals surface area contributed by atoms with Gasteiger partial charge in [-0.15, -0.1) is 0 Å². The Kier molecular flexibility index (Phi) is 5.02. The van der Waals surface area contributed by atoms with Gasteiger partial charge in [-0.25, -0.2) is 0 Å². The number of nitrogens with zero attached hydrogens (tertiary/aromatic N) is 2. The highest BCUT2D eigenvalue weighted by molar-refractivity contribution is 6.06. The number of rotatable bonds is 5. The van der Waals surface area contributed by atoms with Gasteiger partial charge in [0.15, 0.2) is 0 Å². The Hall–Kier alpha value is -2.83. The number of benzene rings is 1. The van der Waals surface area contributed by atoms with E-state index in [1.165, 1.54) is 16.9 Å². The van der Waals surface area contributed by atoms with Crippen molar-refractivity contribution in [2.45, 2.75) is 45.2 Å². The number of amides is 2. The lowest BCUT2D eigenvalue weighted by Gasteiger charge is -2.11. The van der Waals surface area contributed by atoms with Crippen molar-refractivity contribution in [1.82, 2.24) is 15.1 Å². The van der Waals surface area contributed by atoms with Crippen LogP contribution in [-0.2, 0) is 11.3 Å². The lowest BCUT2D eigenvalue weighted by atomic mass is 10.1. The third kappa shape index (κ3) is 4.37. The Morgan fingerprint density at radius 1 is 1.32 bits per heavy atom. The summed E-state index contributed by atoms with van der Waals surface area (Å²) >= 11 is 0. The standard InChI is InChI=1S/C18H22N4O3/c1-12-6-7-16(23)15(8-12)18(25)21-14-9-19-22(10-14)11-17(24)20-13-4-2-3-5-13/h6-10,13,23H,2-5,11H2,1H3,(H,20,24)(H,21,25). The Bertz CT molecular complexity index is 778. The van der Waals surface area contributed by atoms with Gasteiger partial charge < -0.3 is 15.7 Å². The molecule has 1 aliphatic rings. The van der Waals surface area contributed by atoms with E-state index in [0.717, 1.165) is 31.2 Å². The molecular formula is C18H22N4O3. The van der Waals surface area contributed by atoms with Gasteiger partial charge in [0.2, 0.25) is 5.91 Å². The lowest BCUT2D eigenvalue weighted by Crippen LogP contribution is -2.35. The maximum atomic E-state index is 12.3. The van der Waals surface area contributed by atoms with E-state index in [1.54, 1.807) is 18.3 Å². The number of carbonyl (C=O) groups excluding carboxylic acids is 2. The molecule has 25 heavy (non-hydrogen) atoms. The van der Waals surface area contributed by atoms with Crippen molar-refractivity contribution in [1.29, 1.82) is 0 Å². The Balaban J connectivity index is 1.58. The molecule has 0 spiro atoms. The predicted molar refractivity (Wildman–Crippen MR) is 93.4 cm³/mol. The van der Waals surface area contributed by atoms with E-state index in [4.69, 9.17) is 0 Å². The van der Waals surface area contributed by atoms with Crippen LogP contribution in [0.4, 0.5) is 5.69 Å². The molecule has 0 radical (unpaired) electrons. The summed E-state index contributed by atoms with van der Waals surface area (Å²) in [6, 6.07) is 5.10. The van der Waals surface area contributed by atoms with Crippen LogP contribution in [0.5, 0.6) is 5.75 Å². The zero-order valence-corrected chi connectivity index (χ0v) is 14.2. The topological polar surface area (TPSA) is 96.2 Å². The van der Waals surface area contributed by atoms with E-state index in [0.29, 0.717) is 5.69 Å². The first-order chi connectivity index (χ1) is 12.0. The molecule has 2 aromatic rings. The quantitative estimate of drug-likeness (QED) is 0.776. The first kappa shape index (κ1) is 17.0. The van der Waals surface area contributed by atoms with Crippen molar-refractivity contribution in [3.05, 3.63) is 41.7 Å². The highest BCUT2D eigenvalue weighted by atomic mass is 16.3. The van der Waals surface area contributed by atoms with Crippen LogP contribution in [0.2, 0.25) is 0 Å². The Labute approximate surface area is 146 Å². The number of aryl methyl sites for hydroxylation is 1. The number of phenols is 1. The van der Waals surface area contributed by atoms with Crippen LogP contribution in [0.15, 0.2) is 30.6 Å². The molecule has 1 heterocycles. The van der Waals surface area contributed by atoms with Gasteiger partial charge in [0, 0.05) is 12.2 Å². The molecule has 1 aliphatic carbocycles. The van der Waals surface area contributed by atoms with Gasteiger partial charge in [-0.1, -0.05) is 24.5 Å². The second-order valence-electron chi connectivity index (χ2n) is 6.45. The van der Waals surface area contributed by atoms with Gasteiger partial charge in [0.25, 0.3) is 5.91 Å². The van der Waals surface area contributed by atoms with Crippen molar-refractivity contribution in [2.24, 2.45) is 0 Å². The van der Waals surface area contributed by atoms with E-state index in [-0.39, 0.29) is 29.8 Å². The highest BCUT2D eigenvalue weighted by Gasteiger charge is 2.17. The molecule has 0 atom stereocenters. The number of hydrogen-bond acceptors (Lipinski definition) is 4. The van der Waals surface area contributed by atoms with Crippen LogP contribution in [0, 0.1) is 6.92 Å². The largest absolute Gasteiger partial charge is 0.507 e. The molecule has 0 bridgehead atoms. The molecule has 0 saturated heterocycles. The van der Waals surface area contributed by atoms with Crippen molar-refractivity contribution >= 4 is 17.5 Å². The summed E-state index contributed by atoms with van der Waals surface area (Å²) in [5.74, 6) is -0.577. The molecule has 1 fully saturated rings. The van der Waals surface area contributed by atoms with Gasteiger partial charge in [0.1, 0.15) is 12.3 Å². The van der Waals surface area contributed by atoms with Gasteiger partial charge >= 0.3 is 0 Å². The third-order valence-electron chi connectivity index (χ3n) is 4.31. The summed E-state index contributed by atoms with van der Waals surface area (Å²) in [5.41, 5.74) is 1.55. The number of anilines is 1. The fourth-order valence-corrected chi connectivity index (χ4v) is 3.04. The molecule has 132 valence electrons. The number of aromatic hydroxyl groups is 1. The zero-order valence-electron chi connectivity index (χ0n) is 14.2. The average molecular weight is 342 g/mol. The summed E-state index contributed by atoms with van der Waals surface area (Å²) in [5, 5.41) is 19.6. The SMILES string of the molecule is Cc1ccc(O)c(C(=O)Nc2cnn(CC(=O)NC3CCCC3)c2)c1. The third-order valence-corrected chi connectivity index (χ3v) is 4.31. The van der Waals surface area contributed by atoms with E-state index in [1.807, 2.05) is 6.92 Å². The smallest absolute Gasteiger partial charge is 0.259 e.